The molecule has 0 spiro atoms. The molecule has 2 heterocycles. The van der Waals surface area contributed by atoms with E-state index < -0.39 is 15.5 Å². The number of likely N-dealkylation sites (N-methyl/N-ethyl adjacent to an activating group) is 1. The fraction of sp³-hybridized carbons (Fsp3) is 0.538. The maximum atomic E-state index is 12.5. The van der Waals surface area contributed by atoms with Crippen molar-refractivity contribution >= 4 is 33.0 Å². The molecule has 0 amide bonds. The Morgan fingerprint density at radius 3 is 2.29 bits per heavy atom. The van der Waals surface area contributed by atoms with Crippen LogP contribution in [0.25, 0.3) is 10.4 Å². The van der Waals surface area contributed by atoms with Crippen molar-refractivity contribution in [2.45, 2.75) is 121 Å². The first-order valence-electron chi connectivity index (χ1n) is 17.8. The van der Waals surface area contributed by atoms with E-state index in [1.54, 1.807) is 12.1 Å². The second kappa shape index (κ2) is 16.3. The number of fused-ring (bicyclic) bond motifs is 2. The minimum Gasteiger partial charge on any atom is -0.344 e. The number of hydrogen-bond donors (Lipinski definition) is 1. The van der Waals surface area contributed by atoms with Gasteiger partial charge in [0.2, 0.25) is 5.69 Å². The lowest BCUT2D eigenvalue weighted by atomic mass is 9.81. The Kier molecular flexibility index (Phi) is 12.7. The van der Waals surface area contributed by atoms with Crippen LogP contribution in [0.3, 0.4) is 0 Å². The highest BCUT2D eigenvalue weighted by atomic mass is 32.2. The van der Waals surface area contributed by atoms with Gasteiger partial charge in [-0.1, -0.05) is 62.0 Å². The summed E-state index contributed by atoms with van der Waals surface area (Å²) in [7, 11) is -4.34. The first-order chi connectivity index (χ1) is 23.2. The van der Waals surface area contributed by atoms with Gasteiger partial charge in [0.1, 0.15) is 12.3 Å². The van der Waals surface area contributed by atoms with Crippen LogP contribution < -0.4 is 4.90 Å². The van der Waals surface area contributed by atoms with Gasteiger partial charge in [-0.25, -0.2) is 0 Å². The average Bonchev–Trinajstić information content (AvgIpc) is 3.39. The van der Waals surface area contributed by atoms with E-state index in [1.807, 2.05) is 0 Å². The number of allylic oxidation sites excluding steroid dienone is 4. The molecule has 4 rings (SSSR count). The topological polar surface area (TPSA) is 126 Å². The number of azide groups is 1. The van der Waals surface area contributed by atoms with Crippen LogP contribution in [0.15, 0.2) is 70.3 Å². The summed E-state index contributed by atoms with van der Waals surface area (Å²) in [5, 5.41) is 3.56. The zero-order valence-electron chi connectivity index (χ0n) is 30.2. The van der Waals surface area contributed by atoms with Crippen molar-refractivity contribution in [2.75, 3.05) is 24.5 Å². The van der Waals surface area contributed by atoms with Gasteiger partial charge in [-0.3, -0.25) is 9.35 Å². The van der Waals surface area contributed by atoms with Crippen LogP contribution in [0, 0.1) is 6.92 Å². The van der Waals surface area contributed by atoms with Crippen LogP contribution in [-0.4, -0.2) is 48.7 Å². The summed E-state index contributed by atoms with van der Waals surface area (Å²) < 4.78 is 36.2. The lowest BCUT2D eigenvalue weighted by molar-refractivity contribution is -0.438. The molecule has 0 aliphatic carbocycles. The predicted octanol–water partition coefficient (Wildman–Crippen LogP) is 9.66. The number of benzene rings is 2. The maximum Gasteiger partial charge on any atom is 0.294 e. The van der Waals surface area contributed by atoms with Crippen molar-refractivity contribution in [1.29, 1.82) is 0 Å². The van der Waals surface area contributed by atoms with Crippen LogP contribution in [-0.2, 0) is 25.7 Å². The molecular weight excluding hydrogens is 635 g/mol. The Morgan fingerprint density at radius 1 is 0.939 bits per heavy atom. The normalized spacial score (nSPS) is 17.1. The Balaban J connectivity index is 1.47. The van der Waals surface area contributed by atoms with Gasteiger partial charge in [0, 0.05) is 71.8 Å². The number of nitrogens with zero attached hydrogens (tertiary/aromatic N) is 5. The molecule has 2 aliphatic rings. The van der Waals surface area contributed by atoms with Crippen LogP contribution in [0.2, 0.25) is 0 Å². The van der Waals surface area contributed by atoms with Crippen molar-refractivity contribution in [3.05, 3.63) is 87.5 Å². The van der Waals surface area contributed by atoms with E-state index in [0.717, 1.165) is 81.4 Å². The number of rotatable bonds is 18. The molecule has 2 aromatic carbocycles. The molecule has 9 nitrogen and oxygen atoms in total. The second-order valence-corrected chi connectivity index (χ2v) is 15.9. The van der Waals surface area contributed by atoms with Crippen molar-refractivity contribution in [2.24, 2.45) is 5.11 Å². The van der Waals surface area contributed by atoms with Crippen molar-refractivity contribution in [1.82, 2.24) is 0 Å². The Labute approximate surface area is 293 Å². The molecule has 0 aromatic heterocycles. The summed E-state index contributed by atoms with van der Waals surface area (Å²) in [5.74, 6) is 0.316. The van der Waals surface area contributed by atoms with Crippen molar-refractivity contribution < 1.29 is 22.3 Å². The molecule has 0 bridgehead atoms. The summed E-state index contributed by atoms with van der Waals surface area (Å²) in [4.78, 5) is 17.6. The monoisotopic (exact) mass is 688 g/mol. The van der Waals surface area contributed by atoms with Gasteiger partial charge in [-0.15, -0.1) is 0 Å². The van der Waals surface area contributed by atoms with Gasteiger partial charge in [-0.2, -0.15) is 13.0 Å². The number of carbonyl (C=O) groups excluding carboxylic acids is 1. The highest BCUT2D eigenvalue weighted by molar-refractivity contribution is 7.85. The van der Waals surface area contributed by atoms with Gasteiger partial charge in [0.05, 0.1) is 10.3 Å². The molecule has 1 N–H and O–H groups in total. The number of anilines is 1. The molecule has 2 aromatic rings. The lowest BCUT2D eigenvalue weighted by Gasteiger charge is -2.25. The summed E-state index contributed by atoms with van der Waals surface area (Å²) in [5.41, 5.74) is 15.6. The number of unbranched alkanes of at least 4 members (excludes halogenated alkanes) is 6. The summed E-state index contributed by atoms with van der Waals surface area (Å²) in [6.45, 7) is 15.2. The highest BCUT2D eigenvalue weighted by Gasteiger charge is 2.45. The third-order valence-corrected chi connectivity index (χ3v) is 11.0. The van der Waals surface area contributed by atoms with Gasteiger partial charge in [0.15, 0.2) is 5.71 Å². The molecule has 0 saturated carbocycles. The van der Waals surface area contributed by atoms with E-state index in [4.69, 9.17) is 5.53 Å². The number of aryl methyl sites for hydroxylation is 1. The average molecular weight is 689 g/mol. The number of carbonyl (C=O) groups is 1. The molecule has 10 heteroatoms. The fourth-order valence-electron chi connectivity index (χ4n) is 7.39. The van der Waals surface area contributed by atoms with Gasteiger partial charge in [0.25, 0.3) is 10.1 Å². The summed E-state index contributed by atoms with van der Waals surface area (Å²) in [6.07, 6.45) is 15.2. The number of Topliss-reactive ketones (excluding diaryl/α,β-unsaturated/α-hetero) is 1. The Bertz CT molecular complexity index is 1780. The first-order valence-corrected chi connectivity index (χ1v) is 19.2. The van der Waals surface area contributed by atoms with Gasteiger partial charge < -0.3 is 4.90 Å². The largest absolute Gasteiger partial charge is 0.344 e. The van der Waals surface area contributed by atoms with Crippen LogP contribution in [0.5, 0.6) is 0 Å². The molecule has 0 atom stereocenters. The molecule has 49 heavy (non-hydrogen) atoms. The fourth-order valence-corrected chi connectivity index (χ4v) is 7.90. The van der Waals surface area contributed by atoms with E-state index >= 15 is 0 Å². The van der Waals surface area contributed by atoms with Crippen molar-refractivity contribution in [3.63, 3.8) is 0 Å². The number of ketones is 1. The minimum absolute atomic E-state index is 0.0994. The van der Waals surface area contributed by atoms with E-state index in [-0.39, 0.29) is 10.3 Å². The summed E-state index contributed by atoms with van der Waals surface area (Å²) in [6, 6.07) is 11.6. The molecule has 0 radical (unpaired) electrons. The number of hydrogen-bond acceptors (Lipinski definition) is 5. The quantitative estimate of drug-likeness (QED) is 0.0417. The smallest absolute Gasteiger partial charge is 0.294 e. The SMILES string of the molecule is CCN1/C(=C/C=C/C2=[N+](CCCCCC(=O)CCCCCCCN=[N+]=[N-])c3ccc(S(=O)(=O)O)cc3C2(C)C)C(C)(C)c2cc(C)ccc21. The van der Waals surface area contributed by atoms with E-state index in [1.165, 1.54) is 28.6 Å². The molecule has 0 saturated heterocycles. The van der Waals surface area contributed by atoms with Crippen LogP contribution in [0.1, 0.15) is 116 Å². The highest BCUT2D eigenvalue weighted by Crippen LogP contribution is 2.48. The molecule has 0 fully saturated rings. The molecule has 264 valence electrons. The van der Waals surface area contributed by atoms with E-state index in [9.17, 15) is 17.8 Å². The predicted molar refractivity (Wildman–Crippen MR) is 199 cm³/mol. The first kappa shape index (κ1) is 38.1. The minimum atomic E-state index is -4.34. The third-order valence-electron chi connectivity index (χ3n) is 10.1. The standard InChI is InChI=1S/C39H53N5O4S/c1-7-43-34-23-21-29(2)27-32(34)38(3,4)36(43)19-16-20-37-39(5,6)33-28-31(49(46,47)48)22-24-35(33)44(37)26-15-11-13-18-30(45)17-12-9-8-10-14-25-41-42-40/h16,19-24,27-28H,7-15,17-18,25-26H2,1-6H3/p+1. The van der Waals surface area contributed by atoms with Crippen molar-refractivity contribution in [3.8, 4) is 0 Å². The molecule has 2 aliphatic heterocycles. The molecular formula is C39H54N5O4S+. The lowest BCUT2D eigenvalue weighted by Crippen LogP contribution is -2.28. The second-order valence-electron chi connectivity index (χ2n) is 14.4. The maximum absolute atomic E-state index is 12.5. The van der Waals surface area contributed by atoms with E-state index in [2.05, 4.69) is 97.5 Å². The van der Waals surface area contributed by atoms with Crippen LogP contribution >= 0.6 is 0 Å². The zero-order valence-corrected chi connectivity index (χ0v) is 31.0. The van der Waals surface area contributed by atoms with Crippen LogP contribution in [0.4, 0.5) is 11.4 Å². The zero-order chi connectivity index (χ0) is 35.8. The van der Waals surface area contributed by atoms with Gasteiger partial charge in [-0.05, 0) is 88.7 Å². The summed E-state index contributed by atoms with van der Waals surface area (Å²) >= 11 is 0. The van der Waals surface area contributed by atoms with E-state index in [0.29, 0.717) is 25.2 Å². The Morgan fingerprint density at radius 2 is 1.61 bits per heavy atom. The van der Waals surface area contributed by atoms with Gasteiger partial charge >= 0.3 is 0 Å². The third kappa shape index (κ3) is 8.91. The Hall–Kier alpha value is -3.72. The molecule has 0 unspecified atom stereocenters.